The van der Waals surface area contributed by atoms with Gasteiger partial charge in [0, 0.05) is 18.7 Å². The average Bonchev–Trinajstić information content (AvgIpc) is 3.02. The van der Waals surface area contributed by atoms with Crippen LogP contribution in [0.15, 0.2) is 24.3 Å². The highest BCUT2D eigenvalue weighted by Gasteiger charge is 2.39. The minimum Gasteiger partial charge on any atom is -0.312 e. The Balaban J connectivity index is 1.81. The van der Waals surface area contributed by atoms with Gasteiger partial charge in [0.15, 0.2) is 0 Å². The number of hydrogen-bond donors (Lipinski definition) is 1. The maximum atomic E-state index is 13.3. The molecule has 0 atom stereocenters. The number of rotatable bonds is 5. The molecule has 1 saturated carbocycles. The summed E-state index contributed by atoms with van der Waals surface area (Å²) in [6.45, 7) is 3.91. The van der Waals surface area contributed by atoms with Crippen LogP contribution in [0.4, 0.5) is 4.39 Å². The minimum absolute atomic E-state index is 0.105. The lowest BCUT2D eigenvalue weighted by Gasteiger charge is -2.13. The van der Waals surface area contributed by atoms with E-state index in [0.29, 0.717) is 12.0 Å². The average molecular weight is 207 g/mol. The smallest absolute Gasteiger partial charge is 0.127 e. The van der Waals surface area contributed by atoms with Gasteiger partial charge in [0.2, 0.25) is 0 Å². The van der Waals surface area contributed by atoms with Gasteiger partial charge in [-0.2, -0.15) is 0 Å². The molecule has 0 radical (unpaired) electrons. The number of nitrogens with one attached hydrogen (secondary N) is 1. The Labute approximate surface area is 90.7 Å². The van der Waals surface area contributed by atoms with Crippen LogP contribution >= 0.6 is 0 Å². The highest BCUT2D eigenvalue weighted by Crippen LogP contribution is 2.47. The van der Waals surface area contributed by atoms with Crippen molar-refractivity contribution in [2.45, 2.75) is 32.7 Å². The zero-order valence-electron chi connectivity index (χ0n) is 9.22. The third-order valence-corrected chi connectivity index (χ3v) is 3.48. The molecule has 2 rings (SSSR count). The standard InChI is InChI=1S/C13H18FN/c1-2-13(7-8-13)10-15-9-11-5-3-4-6-12(11)14/h3-6,15H,2,7-10H2,1H3. The van der Waals surface area contributed by atoms with Crippen molar-refractivity contribution >= 4 is 0 Å². The summed E-state index contributed by atoms with van der Waals surface area (Å²) >= 11 is 0. The Kier molecular flexibility index (Phi) is 3.06. The topological polar surface area (TPSA) is 12.0 Å². The van der Waals surface area contributed by atoms with E-state index in [2.05, 4.69) is 12.2 Å². The summed E-state index contributed by atoms with van der Waals surface area (Å²) in [6, 6.07) is 6.97. The van der Waals surface area contributed by atoms with Gasteiger partial charge >= 0.3 is 0 Å². The molecule has 1 aromatic rings. The van der Waals surface area contributed by atoms with Crippen LogP contribution in [-0.2, 0) is 6.54 Å². The van der Waals surface area contributed by atoms with Crippen molar-refractivity contribution in [3.05, 3.63) is 35.6 Å². The maximum Gasteiger partial charge on any atom is 0.127 e. The number of benzene rings is 1. The van der Waals surface area contributed by atoms with Crippen molar-refractivity contribution in [3.8, 4) is 0 Å². The maximum absolute atomic E-state index is 13.3. The van der Waals surface area contributed by atoms with Crippen molar-refractivity contribution < 1.29 is 4.39 Å². The zero-order valence-corrected chi connectivity index (χ0v) is 9.22. The first-order chi connectivity index (χ1) is 7.26. The second-order valence-corrected chi connectivity index (χ2v) is 4.55. The molecule has 0 amide bonds. The predicted octanol–water partition coefficient (Wildman–Crippen LogP) is 3.11. The van der Waals surface area contributed by atoms with Crippen molar-refractivity contribution in [1.82, 2.24) is 5.32 Å². The monoisotopic (exact) mass is 207 g/mol. The SMILES string of the molecule is CCC1(CNCc2ccccc2F)CC1. The Morgan fingerprint density at radius 1 is 1.33 bits per heavy atom. The minimum atomic E-state index is -0.105. The van der Waals surface area contributed by atoms with Crippen LogP contribution in [0.5, 0.6) is 0 Å². The van der Waals surface area contributed by atoms with Crippen LogP contribution in [-0.4, -0.2) is 6.54 Å². The lowest BCUT2D eigenvalue weighted by atomic mass is 10.0. The molecule has 1 N–H and O–H groups in total. The van der Waals surface area contributed by atoms with E-state index in [-0.39, 0.29) is 5.82 Å². The first-order valence-electron chi connectivity index (χ1n) is 5.70. The van der Waals surface area contributed by atoms with Crippen LogP contribution in [0.25, 0.3) is 0 Å². The van der Waals surface area contributed by atoms with Gasteiger partial charge in [-0.3, -0.25) is 0 Å². The summed E-state index contributed by atoms with van der Waals surface area (Å²) in [5.41, 5.74) is 1.30. The molecule has 1 aliphatic rings. The van der Waals surface area contributed by atoms with Crippen molar-refractivity contribution in [1.29, 1.82) is 0 Å². The molecule has 1 aliphatic carbocycles. The van der Waals surface area contributed by atoms with Gasteiger partial charge in [-0.1, -0.05) is 25.1 Å². The van der Waals surface area contributed by atoms with Crippen LogP contribution in [0.3, 0.4) is 0 Å². The molecule has 1 fully saturated rings. The Hall–Kier alpha value is -0.890. The summed E-state index contributed by atoms with van der Waals surface area (Å²) in [4.78, 5) is 0. The molecule has 0 saturated heterocycles. The van der Waals surface area contributed by atoms with Gasteiger partial charge in [-0.25, -0.2) is 4.39 Å². The number of hydrogen-bond acceptors (Lipinski definition) is 1. The zero-order chi connectivity index (χ0) is 10.7. The van der Waals surface area contributed by atoms with E-state index in [1.807, 2.05) is 12.1 Å². The lowest BCUT2D eigenvalue weighted by molar-refractivity contribution is 0.440. The van der Waals surface area contributed by atoms with Gasteiger partial charge in [0.1, 0.15) is 5.82 Å². The summed E-state index contributed by atoms with van der Waals surface area (Å²) in [5.74, 6) is -0.105. The molecular formula is C13H18FN. The fraction of sp³-hybridized carbons (Fsp3) is 0.538. The molecule has 1 aromatic carbocycles. The van der Waals surface area contributed by atoms with Gasteiger partial charge < -0.3 is 5.32 Å². The third-order valence-electron chi connectivity index (χ3n) is 3.48. The molecule has 0 bridgehead atoms. The molecule has 1 nitrogen and oxygen atoms in total. The van der Waals surface area contributed by atoms with Gasteiger partial charge in [0.05, 0.1) is 0 Å². The summed E-state index contributed by atoms with van der Waals surface area (Å²) < 4.78 is 13.3. The van der Waals surface area contributed by atoms with E-state index >= 15 is 0 Å². The Bertz CT molecular complexity index is 331. The van der Waals surface area contributed by atoms with Crippen molar-refractivity contribution in [2.75, 3.05) is 6.54 Å². The second-order valence-electron chi connectivity index (χ2n) is 4.55. The molecular weight excluding hydrogens is 189 g/mol. The van der Waals surface area contributed by atoms with Crippen LogP contribution < -0.4 is 5.32 Å². The van der Waals surface area contributed by atoms with Crippen LogP contribution in [0.1, 0.15) is 31.7 Å². The molecule has 0 heterocycles. The normalized spacial score (nSPS) is 17.7. The van der Waals surface area contributed by atoms with E-state index in [0.717, 1.165) is 12.1 Å². The number of halogens is 1. The molecule has 0 unspecified atom stereocenters. The molecule has 0 aromatic heterocycles. The van der Waals surface area contributed by atoms with Gasteiger partial charge in [-0.15, -0.1) is 0 Å². The van der Waals surface area contributed by atoms with Crippen molar-refractivity contribution in [3.63, 3.8) is 0 Å². The largest absolute Gasteiger partial charge is 0.312 e. The second kappa shape index (κ2) is 4.31. The highest BCUT2D eigenvalue weighted by atomic mass is 19.1. The summed E-state index contributed by atoms with van der Waals surface area (Å²) in [5, 5.41) is 3.36. The molecule has 15 heavy (non-hydrogen) atoms. The van der Waals surface area contributed by atoms with E-state index in [1.54, 1.807) is 6.07 Å². The Morgan fingerprint density at radius 3 is 2.67 bits per heavy atom. The highest BCUT2D eigenvalue weighted by molar-refractivity contribution is 5.17. The van der Waals surface area contributed by atoms with Gasteiger partial charge in [-0.05, 0) is 30.7 Å². The van der Waals surface area contributed by atoms with Crippen LogP contribution in [0, 0.1) is 11.2 Å². The van der Waals surface area contributed by atoms with Gasteiger partial charge in [0.25, 0.3) is 0 Å². The molecule has 0 aliphatic heterocycles. The third kappa shape index (κ3) is 2.57. The molecule has 82 valence electrons. The first kappa shape index (κ1) is 10.6. The quantitative estimate of drug-likeness (QED) is 0.782. The molecule has 2 heteroatoms. The van der Waals surface area contributed by atoms with E-state index in [1.165, 1.54) is 25.3 Å². The van der Waals surface area contributed by atoms with E-state index in [9.17, 15) is 4.39 Å². The molecule has 0 spiro atoms. The predicted molar refractivity (Wildman–Crippen MR) is 60.1 cm³/mol. The lowest BCUT2D eigenvalue weighted by Crippen LogP contribution is -2.23. The first-order valence-corrected chi connectivity index (χ1v) is 5.70. The fourth-order valence-electron chi connectivity index (χ4n) is 1.94. The van der Waals surface area contributed by atoms with Crippen LogP contribution in [0.2, 0.25) is 0 Å². The summed E-state index contributed by atoms with van der Waals surface area (Å²) in [7, 11) is 0. The fourth-order valence-corrected chi connectivity index (χ4v) is 1.94. The van der Waals surface area contributed by atoms with Crippen molar-refractivity contribution in [2.24, 2.45) is 5.41 Å². The Morgan fingerprint density at radius 2 is 2.07 bits per heavy atom. The summed E-state index contributed by atoms with van der Waals surface area (Å²) in [6.07, 6.45) is 3.89. The van der Waals surface area contributed by atoms with E-state index in [4.69, 9.17) is 0 Å². The van der Waals surface area contributed by atoms with E-state index < -0.39 is 0 Å².